The van der Waals surface area contributed by atoms with E-state index in [2.05, 4.69) is 25.6 Å². The number of nitrogens with zero attached hydrogens (tertiary/aromatic N) is 3. The third-order valence-electron chi connectivity index (χ3n) is 2.92. The van der Waals surface area contributed by atoms with Crippen molar-refractivity contribution in [3.63, 3.8) is 0 Å². The lowest BCUT2D eigenvalue weighted by molar-refractivity contribution is 0.344. The Kier molecular flexibility index (Phi) is 8.06. The molecule has 0 unspecified atom stereocenters. The van der Waals surface area contributed by atoms with Crippen LogP contribution in [0.25, 0.3) is 0 Å². The summed E-state index contributed by atoms with van der Waals surface area (Å²) in [5, 5.41) is 8.13. The predicted molar refractivity (Wildman–Crippen MR) is 110 cm³/mol. The summed E-state index contributed by atoms with van der Waals surface area (Å²) in [6, 6.07) is 5.63. The van der Waals surface area contributed by atoms with Crippen molar-refractivity contribution in [2.24, 2.45) is 0 Å². The molecule has 142 valence electrons. The molecular weight excluding hydrogens is 393 g/mol. The number of hydrogen-bond donors (Lipinski definition) is 2. The molecule has 0 amide bonds. The van der Waals surface area contributed by atoms with Crippen LogP contribution in [0.2, 0.25) is 10.0 Å². The largest absolute Gasteiger partial charge is 0.491 e. The average Bonchev–Trinajstić information content (AvgIpc) is 2.51. The quantitative estimate of drug-likeness (QED) is 0.441. The van der Waals surface area contributed by atoms with E-state index in [9.17, 15) is 0 Å². The van der Waals surface area contributed by atoms with Crippen LogP contribution >= 0.6 is 35.0 Å². The molecule has 2 rings (SSSR count). The normalized spacial score (nSPS) is 11.1. The molecule has 0 fully saturated rings. The molecule has 1 heterocycles. The van der Waals surface area contributed by atoms with E-state index in [4.69, 9.17) is 27.9 Å². The van der Waals surface area contributed by atoms with E-state index >= 15 is 0 Å². The lowest BCUT2D eigenvalue weighted by Gasteiger charge is -2.13. The molecule has 2 N–H and O–H groups in total. The fraction of sp³-hybridized carbons (Fsp3) is 0.471. The van der Waals surface area contributed by atoms with Crippen LogP contribution in [0, 0.1) is 0 Å². The van der Waals surface area contributed by atoms with Crippen LogP contribution in [-0.2, 0) is 0 Å². The van der Waals surface area contributed by atoms with Crippen LogP contribution in [0.5, 0.6) is 5.75 Å². The summed E-state index contributed by atoms with van der Waals surface area (Å²) in [7, 11) is 0. The van der Waals surface area contributed by atoms with Crippen LogP contribution in [0.1, 0.15) is 27.7 Å². The van der Waals surface area contributed by atoms with E-state index in [1.54, 1.807) is 18.2 Å². The van der Waals surface area contributed by atoms with Crippen LogP contribution in [-0.4, -0.2) is 39.4 Å². The van der Waals surface area contributed by atoms with E-state index in [0.29, 0.717) is 45.2 Å². The van der Waals surface area contributed by atoms with Crippen LogP contribution in [0.3, 0.4) is 0 Å². The van der Waals surface area contributed by atoms with Gasteiger partial charge in [0.25, 0.3) is 0 Å². The topological polar surface area (TPSA) is 72.0 Å². The minimum Gasteiger partial charge on any atom is -0.491 e. The second-order valence-electron chi connectivity index (χ2n) is 6.13. The highest BCUT2D eigenvalue weighted by molar-refractivity contribution is 7.99. The van der Waals surface area contributed by atoms with Gasteiger partial charge in [0.1, 0.15) is 5.75 Å². The van der Waals surface area contributed by atoms with Crippen LogP contribution in [0.4, 0.5) is 11.9 Å². The van der Waals surface area contributed by atoms with E-state index in [1.165, 1.54) is 11.8 Å². The van der Waals surface area contributed by atoms with Crippen molar-refractivity contribution in [1.82, 2.24) is 15.0 Å². The summed E-state index contributed by atoms with van der Waals surface area (Å²) in [5.74, 6) is 2.40. The number of anilines is 2. The van der Waals surface area contributed by atoms with E-state index < -0.39 is 0 Å². The van der Waals surface area contributed by atoms with Crippen LogP contribution < -0.4 is 15.4 Å². The molecule has 0 bridgehead atoms. The number of ether oxygens (including phenoxy) is 1. The predicted octanol–water partition coefficient (Wildman–Crippen LogP) is 4.99. The van der Waals surface area contributed by atoms with Crippen molar-refractivity contribution in [2.75, 3.05) is 23.0 Å². The Labute approximate surface area is 168 Å². The number of aromatic nitrogens is 3. The molecule has 26 heavy (non-hydrogen) atoms. The Balaban J connectivity index is 1.96. The zero-order valence-electron chi connectivity index (χ0n) is 15.2. The molecule has 0 saturated heterocycles. The summed E-state index contributed by atoms with van der Waals surface area (Å²) in [4.78, 5) is 13.3. The minimum absolute atomic E-state index is 0.234. The number of rotatable bonds is 9. The van der Waals surface area contributed by atoms with E-state index in [0.717, 1.165) is 0 Å². The molecule has 0 atom stereocenters. The molecule has 0 saturated carbocycles. The summed E-state index contributed by atoms with van der Waals surface area (Å²) in [6.07, 6.45) is 0. The Morgan fingerprint density at radius 3 is 2.15 bits per heavy atom. The van der Waals surface area contributed by atoms with Gasteiger partial charge in [0.05, 0.1) is 11.6 Å². The molecule has 6 nitrogen and oxygen atoms in total. The molecular formula is C17H23Cl2N5OS. The Bertz CT molecular complexity index is 702. The maximum Gasteiger partial charge on any atom is 0.228 e. The first-order chi connectivity index (χ1) is 12.3. The standard InChI is InChI=1S/C17H23Cl2N5OS/c1-10(2)20-15-22-16(21-11(3)4)24-17(23-15)26-8-7-25-14-6-5-12(18)9-13(14)19/h5-6,9-11H,7-8H2,1-4H3,(H2,20,21,22,23,24). The molecule has 0 spiro atoms. The summed E-state index contributed by atoms with van der Waals surface area (Å²) < 4.78 is 5.69. The highest BCUT2D eigenvalue weighted by Gasteiger charge is 2.09. The zero-order valence-corrected chi connectivity index (χ0v) is 17.5. The van der Waals surface area contributed by atoms with Gasteiger partial charge in [-0.25, -0.2) is 0 Å². The number of benzene rings is 1. The van der Waals surface area contributed by atoms with Gasteiger partial charge in [0.2, 0.25) is 11.9 Å². The van der Waals surface area contributed by atoms with Crippen molar-refractivity contribution in [1.29, 1.82) is 0 Å². The van der Waals surface area contributed by atoms with Crippen molar-refractivity contribution in [3.05, 3.63) is 28.2 Å². The van der Waals surface area contributed by atoms with Gasteiger partial charge in [0.15, 0.2) is 5.16 Å². The highest BCUT2D eigenvalue weighted by Crippen LogP contribution is 2.27. The van der Waals surface area contributed by atoms with Crippen LogP contribution in [0.15, 0.2) is 23.4 Å². The Hall–Kier alpha value is -1.44. The molecule has 9 heteroatoms. The first-order valence-corrected chi connectivity index (χ1v) is 10.1. The first-order valence-electron chi connectivity index (χ1n) is 8.33. The van der Waals surface area contributed by atoms with Gasteiger partial charge in [-0.15, -0.1) is 0 Å². The van der Waals surface area contributed by atoms with Gasteiger partial charge in [-0.05, 0) is 45.9 Å². The van der Waals surface area contributed by atoms with E-state index in [1.807, 2.05) is 27.7 Å². The Morgan fingerprint density at radius 2 is 1.62 bits per heavy atom. The first kappa shape index (κ1) is 20.9. The number of nitrogens with one attached hydrogen (secondary N) is 2. The van der Waals surface area contributed by atoms with Crippen molar-refractivity contribution in [2.45, 2.75) is 44.9 Å². The summed E-state index contributed by atoms with van der Waals surface area (Å²) >= 11 is 13.5. The molecule has 0 aliphatic rings. The van der Waals surface area contributed by atoms with Gasteiger partial charge in [0, 0.05) is 22.9 Å². The summed E-state index contributed by atoms with van der Waals surface area (Å²) in [6.45, 7) is 8.62. The van der Waals surface area contributed by atoms with Crippen molar-refractivity contribution >= 4 is 46.9 Å². The maximum absolute atomic E-state index is 6.10. The van der Waals surface area contributed by atoms with E-state index in [-0.39, 0.29) is 12.1 Å². The highest BCUT2D eigenvalue weighted by atomic mass is 35.5. The SMILES string of the molecule is CC(C)Nc1nc(NC(C)C)nc(SCCOc2ccc(Cl)cc2Cl)n1. The van der Waals surface area contributed by atoms with Gasteiger partial charge in [-0.2, -0.15) is 15.0 Å². The lowest BCUT2D eigenvalue weighted by Crippen LogP contribution is -2.17. The molecule has 0 radical (unpaired) electrons. The monoisotopic (exact) mass is 415 g/mol. The second kappa shape index (κ2) is 10.0. The third-order valence-corrected chi connectivity index (χ3v) is 4.26. The molecule has 0 aliphatic heterocycles. The zero-order chi connectivity index (χ0) is 19.1. The van der Waals surface area contributed by atoms with Gasteiger partial charge >= 0.3 is 0 Å². The summed E-state index contributed by atoms with van der Waals surface area (Å²) in [5.41, 5.74) is 0. The third kappa shape index (κ3) is 7.05. The molecule has 0 aliphatic carbocycles. The van der Waals surface area contributed by atoms with Gasteiger partial charge < -0.3 is 15.4 Å². The Morgan fingerprint density at radius 1 is 1.00 bits per heavy atom. The maximum atomic E-state index is 6.10. The smallest absolute Gasteiger partial charge is 0.228 e. The lowest BCUT2D eigenvalue weighted by atomic mass is 10.3. The van der Waals surface area contributed by atoms with Crippen molar-refractivity contribution in [3.8, 4) is 5.75 Å². The number of thioether (sulfide) groups is 1. The minimum atomic E-state index is 0.234. The van der Waals surface area contributed by atoms with Crippen molar-refractivity contribution < 1.29 is 4.74 Å². The fourth-order valence-corrected chi connectivity index (χ4v) is 3.06. The molecule has 1 aromatic carbocycles. The number of halogens is 2. The molecule has 1 aromatic heterocycles. The fourth-order valence-electron chi connectivity index (χ4n) is 1.94. The molecule has 2 aromatic rings. The van der Waals surface area contributed by atoms with Gasteiger partial charge in [-0.3, -0.25) is 0 Å². The number of hydrogen-bond acceptors (Lipinski definition) is 7. The average molecular weight is 416 g/mol. The van der Waals surface area contributed by atoms with Gasteiger partial charge in [-0.1, -0.05) is 35.0 Å². The second-order valence-corrected chi connectivity index (χ2v) is 8.04.